The van der Waals surface area contributed by atoms with Crippen LogP contribution in [0, 0.1) is 10.8 Å². The number of likely N-dealkylation sites (tertiary alicyclic amines) is 1. The minimum absolute atomic E-state index is 0.0926. The van der Waals surface area contributed by atoms with Crippen LogP contribution in [0.15, 0.2) is 0 Å². The van der Waals surface area contributed by atoms with E-state index in [4.69, 9.17) is 0 Å². The quantitative estimate of drug-likeness (QED) is 0.811. The van der Waals surface area contributed by atoms with Crippen molar-refractivity contribution < 1.29 is 24.2 Å². The van der Waals surface area contributed by atoms with Gasteiger partial charge < -0.3 is 20.1 Å². The van der Waals surface area contributed by atoms with Gasteiger partial charge >= 0.3 is 12.1 Å². The Kier molecular flexibility index (Phi) is 5.64. The van der Waals surface area contributed by atoms with Crippen LogP contribution in [-0.2, 0) is 14.3 Å². The van der Waals surface area contributed by atoms with E-state index < -0.39 is 29.6 Å². The van der Waals surface area contributed by atoms with Gasteiger partial charge in [0.25, 0.3) is 0 Å². The Morgan fingerprint density at radius 2 is 1.80 bits per heavy atom. The maximum absolute atomic E-state index is 13.2. The standard InChI is InChI=1S/C18H30N2O5/c1-17(2,3)13(19-16(24)25-4)14(21)20-11-18(8-6-5-7-9-18)10-12(20)15(22)23/h12-13H,5-11H2,1-4H3,(H,19,24)(H,22,23)/t12-,13?/m0/s1. The van der Waals surface area contributed by atoms with Gasteiger partial charge in [-0.1, -0.05) is 40.0 Å². The number of carbonyl (C=O) groups excluding carboxylic acids is 2. The van der Waals surface area contributed by atoms with E-state index in [1.165, 1.54) is 18.4 Å². The first kappa shape index (κ1) is 19.5. The van der Waals surface area contributed by atoms with Crippen LogP contribution in [-0.4, -0.2) is 53.7 Å². The smallest absolute Gasteiger partial charge is 0.407 e. The number of carbonyl (C=O) groups is 3. The van der Waals surface area contributed by atoms with Crippen molar-refractivity contribution in [2.75, 3.05) is 13.7 Å². The van der Waals surface area contributed by atoms with Crippen LogP contribution in [0.2, 0.25) is 0 Å². The summed E-state index contributed by atoms with van der Waals surface area (Å²) in [6.07, 6.45) is 5.07. The lowest BCUT2D eigenvalue weighted by Gasteiger charge is -2.36. The van der Waals surface area contributed by atoms with Gasteiger partial charge in [0.15, 0.2) is 0 Å². The second-order valence-corrected chi connectivity index (χ2v) is 8.52. The van der Waals surface area contributed by atoms with Gasteiger partial charge in [0, 0.05) is 6.54 Å². The van der Waals surface area contributed by atoms with Crippen LogP contribution in [0.25, 0.3) is 0 Å². The van der Waals surface area contributed by atoms with Crippen LogP contribution in [0.5, 0.6) is 0 Å². The summed E-state index contributed by atoms with van der Waals surface area (Å²) in [5.41, 5.74) is -0.651. The highest BCUT2D eigenvalue weighted by atomic mass is 16.5. The molecule has 1 unspecified atom stereocenters. The molecule has 2 amide bonds. The molecule has 25 heavy (non-hydrogen) atoms. The molecule has 2 aliphatic rings. The molecule has 2 fully saturated rings. The van der Waals surface area contributed by atoms with Gasteiger partial charge in [-0.2, -0.15) is 0 Å². The van der Waals surface area contributed by atoms with Gasteiger partial charge in [0.05, 0.1) is 7.11 Å². The highest BCUT2D eigenvalue weighted by Gasteiger charge is 2.51. The summed E-state index contributed by atoms with van der Waals surface area (Å²) >= 11 is 0. The minimum Gasteiger partial charge on any atom is -0.480 e. The SMILES string of the molecule is COC(=O)NC(C(=O)N1CC2(CCCCC2)C[C@H]1C(=O)O)C(C)(C)C. The summed E-state index contributed by atoms with van der Waals surface area (Å²) in [6.45, 7) is 5.98. The van der Waals surface area contributed by atoms with Crippen LogP contribution in [0.4, 0.5) is 4.79 Å². The van der Waals surface area contributed by atoms with Crippen molar-refractivity contribution in [2.45, 2.75) is 71.4 Å². The van der Waals surface area contributed by atoms with E-state index in [1.54, 1.807) is 0 Å². The van der Waals surface area contributed by atoms with Crippen LogP contribution in [0.3, 0.4) is 0 Å². The molecule has 0 radical (unpaired) electrons. The lowest BCUT2D eigenvalue weighted by Crippen LogP contribution is -2.56. The van der Waals surface area contributed by atoms with Crippen molar-refractivity contribution >= 4 is 18.0 Å². The van der Waals surface area contributed by atoms with Crippen molar-refractivity contribution in [3.05, 3.63) is 0 Å². The van der Waals surface area contributed by atoms with Crippen molar-refractivity contribution in [2.24, 2.45) is 10.8 Å². The Balaban J connectivity index is 2.26. The molecule has 0 aromatic heterocycles. The second kappa shape index (κ2) is 7.22. The van der Waals surface area contributed by atoms with Crippen molar-refractivity contribution in [3.8, 4) is 0 Å². The fourth-order valence-corrected chi connectivity index (χ4v) is 4.16. The maximum atomic E-state index is 13.2. The van der Waals surface area contributed by atoms with Gasteiger partial charge in [-0.3, -0.25) is 4.79 Å². The van der Waals surface area contributed by atoms with Crippen molar-refractivity contribution in [1.82, 2.24) is 10.2 Å². The molecular formula is C18H30N2O5. The molecule has 7 heteroatoms. The highest BCUT2D eigenvalue weighted by molar-refractivity contribution is 5.90. The molecule has 1 saturated heterocycles. The fourth-order valence-electron chi connectivity index (χ4n) is 4.16. The number of methoxy groups -OCH3 is 1. The Bertz CT molecular complexity index is 534. The third-order valence-corrected chi connectivity index (χ3v) is 5.55. The number of ether oxygens (including phenoxy) is 1. The molecule has 0 aromatic rings. The predicted molar refractivity (Wildman–Crippen MR) is 92.1 cm³/mol. The number of carboxylic acids is 1. The van der Waals surface area contributed by atoms with Crippen LogP contribution < -0.4 is 5.32 Å². The highest BCUT2D eigenvalue weighted by Crippen LogP contribution is 2.46. The van der Waals surface area contributed by atoms with Gasteiger partial charge in [-0.05, 0) is 30.1 Å². The zero-order valence-corrected chi connectivity index (χ0v) is 15.6. The molecule has 2 N–H and O–H groups in total. The number of aliphatic carboxylic acids is 1. The summed E-state index contributed by atoms with van der Waals surface area (Å²) in [5.74, 6) is -1.31. The Labute approximate surface area is 149 Å². The van der Waals surface area contributed by atoms with Crippen LogP contribution in [0.1, 0.15) is 59.3 Å². The van der Waals surface area contributed by atoms with Gasteiger partial charge in [0.2, 0.25) is 5.91 Å². The molecule has 1 aliphatic carbocycles. The monoisotopic (exact) mass is 354 g/mol. The molecule has 2 atom stereocenters. The minimum atomic E-state index is -0.971. The summed E-state index contributed by atoms with van der Waals surface area (Å²) in [7, 11) is 1.24. The molecule has 0 aromatic carbocycles. The number of nitrogens with zero attached hydrogens (tertiary/aromatic N) is 1. The molecule has 142 valence electrons. The summed E-state index contributed by atoms with van der Waals surface area (Å²) < 4.78 is 4.64. The number of hydrogen-bond acceptors (Lipinski definition) is 4. The number of alkyl carbamates (subject to hydrolysis) is 1. The lowest BCUT2D eigenvalue weighted by atomic mass is 9.73. The zero-order chi connectivity index (χ0) is 18.8. The van der Waals surface area contributed by atoms with Gasteiger partial charge in [-0.25, -0.2) is 9.59 Å². The molecular weight excluding hydrogens is 324 g/mol. The second-order valence-electron chi connectivity index (χ2n) is 8.52. The Morgan fingerprint density at radius 1 is 1.20 bits per heavy atom. The van der Waals surface area contributed by atoms with E-state index in [-0.39, 0.29) is 11.3 Å². The summed E-state index contributed by atoms with van der Waals surface area (Å²) in [6, 6.07) is -1.66. The first-order chi connectivity index (χ1) is 11.6. The third-order valence-electron chi connectivity index (χ3n) is 5.55. The molecule has 7 nitrogen and oxygen atoms in total. The van der Waals surface area contributed by atoms with E-state index in [9.17, 15) is 19.5 Å². The molecule has 1 aliphatic heterocycles. The van der Waals surface area contributed by atoms with E-state index in [1.807, 2.05) is 20.8 Å². The van der Waals surface area contributed by atoms with Crippen molar-refractivity contribution in [3.63, 3.8) is 0 Å². The average molecular weight is 354 g/mol. The van der Waals surface area contributed by atoms with E-state index >= 15 is 0 Å². The average Bonchev–Trinajstić information content (AvgIpc) is 2.90. The molecule has 1 saturated carbocycles. The van der Waals surface area contributed by atoms with E-state index in [0.29, 0.717) is 13.0 Å². The number of hydrogen-bond donors (Lipinski definition) is 2. The van der Waals surface area contributed by atoms with E-state index in [2.05, 4.69) is 10.1 Å². The number of nitrogens with one attached hydrogen (secondary N) is 1. The zero-order valence-electron chi connectivity index (χ0n) is 15.6. The molecule has 2 rings (SSSR count). The Hall–Kier alpha value is -1.79. The lowest BCUT2D eigenvalue weighted by molar-refractivity contribution is -0.150. The first-order valence-electron chi connectivity index (χ1n) is 8.97. The van der Waals surface area contributed by atoms with Gasteiger partial charge in [-0.15, -0.1) is 0 Å². The first-order valence-corrected chi connectivity index (χ1v) is 8.97. The van der Waals surface area contributed by atoms with Crippen molar-refractivity contribution in [1.29, 1.82) is 0 Å². The third kappa shape index (κ3) is 4.25. The van der Waals surface area contributed by atoms with Crippen LogP contribution >= 0.6 is 0 Å². The molecule has 1 spiro atoms. The molecule has 1 heterocycles. The largest absolute Gasteiger partial charge is 0.480 e. The van der Waals surface area contributed by atoms with E-state index in [0.717, 1.165) is 25.7 Å². The fraction of sp³-hybridized carbons (Fsp3) is 0.833. The molecule has 0 bridgehead atoms. The maximum Gasteiger partial charge on any atom is 0.407 e. The number of carboxylic acid groups (broad SMARTS) is 1. The Morgan fingerprint density at radius 3 is 2.28 bits per heavy atom. The van der Waals surface area contributed by atoms with Gasteiger partial charge in [0.1, 0.15) is 12.1 Å². The predicted octanol–water partition coefficient (Wildman–Crippen LogP) is 2.39. The summed E-state index contributed by atoms with van der Waals surface area (Å²) in [5, 5.41) is 12.2. The number of rotatable bonds is 3. The number of amides is 2. The topological polar surface area (TPSA) is 95.9 Å². The normalized spacial score (nSPS) is 24.0. The summed E-state index contributed by atoms with van der Waals surface area (Å²) in [4.78, 5) is 38.1.